The molecule has 0 bridgehead atoms. The van der Waals surface area contributed by atoms with E-state index in [1.165, 1.54) is 0 Å². The largest absolute Gasteiger partial charge is 0.352 e. The number of aryl methyl sites for hydroxylation is 1. The molecule has 4 rings (SSSR count). The van der Waals surface area contributed by atoms with Crippen LogP contribution in [-0.2, 0) is 24.3 Å². The van der Waals surface area contributed by atoms with E-state index in [2.05, 4.69) is 11.4 Å². The molecule has 0 heterocycles. The first kappa shape index (κ1) is 25.5. The van der Waals surface area contributed by atoms with Crippen molar-refractivity contribution < 1.29 is 9.59 Å². The number of carbonyl (C=O) groups excluding carboxylic acids is 2. The Balaban J connectivity index is 1.55. The van der Waals surface area contributed by atoms with Gasteiger partial charge in [0.05, 0.1) is 23.6 Å². The van der Waals surface area contributed by atoms with Crippen LogP contribution in [0.15, 0.2) is 97.1 Å². The first-order valence-corrected chi connectivity index (χ1v) is 12.4. The fraction of sp³-hybridized carbons (Fsp3) is 0.133. The molecular weight excluding hydrogens is 491 g/mol. The lowest BCUT2D eigenvalue weighted by molar-refractivity contribution is -0.120. The Morgan fingerprint density at radius 2 is 1.50 bits per heavy atom. The van der Waals surface area contributed by atoms with Crippen LogP contribution in [0.5, 0.6) is 0 Å². The number of anilines is 1. The highest BCUT2D eigenvalue weighted by Crippen LogP contribution is 2.27. The standard InChI is InChI=1S/C30H26Cl2N2O2/c1-21-7-5-11-24(15-21)19-33-29(35)17-23-10-6-12-26(16-23)34(20-22-8-3-2-4-9-22)30(36)27-14-13-25(31)18-28(27)32/h2-16,18H,17,19-20H2,1H3,(H,33,35). The van der Waals surface area contributed by atoms with Crippen molar-refractivity contribution in [1.29, 1.82) is 0 Å². The first-order valence-electron chi connectivity index (χ1n) is 11.6. The van der Waals surface area contributed by atoms with Gasteiger partial charge in [0.2, 0.25) is 5.91 Å². The summed E-state index contributed by atoms with van der Waals surface area (Å²) in [6.07, 6.45) is 0.203. The minimum atomic E-state index is -0.249. The molecule has 1 N–H and O–H groups in total. The van der Waals surface area contributed by atoms with Crippen molar-refractivity contribution in [2.45, 2.75) is 26.4 Å². The molecule has 0 fully saturated rings. The summed E-state index contributed by atoms with van der Waals surface area (Å²) in [6, 6.07) is 30.1. The molecule has 0 spiro atoms. The van der Waals surface area contributed by atoms with E-state index in [1.54, 1.807) is 23.1 Å². The van der Waals surface area contributed by atoms with Gasteiger partial charge >= 0.3 is 0 Å². The van der Waals surface area contributed by atoms with Gasteiger partial charge in [-0.1, -0.05) is 95.5 Å². The van der Waals surface area contributed by atoms with Crippen molar-refractivity contribution in [3.8, 4) is 0 Å². The second-order valence-corrected chi connectivity index (χ2v) is 9.46. The van der Waals surface area contributed by atoms with E-state index in [9.17, 15) is 9.59 Å². The van der Waals surface area contributed by atoms with Gasteiger partial charge in [0.1, 0.15) is 0 Å². The molecule has 6 heteroatoms. The van der Waals surface area contributed by atoms with E-state index in [0.29, 0.717) is 29.4 Å². The molecule has 0 saturated carbocycles. The molecule has 4 nitrogen and oxygen atoms in total. The molecule has 0 atom stereocenters. The van der Waals surface area contributed by atoms with E-state index in [0.717, 1.165) is 22.3 Å². The number of carbonyl (C=O) groups is 2. The van der Waals surface area contributed by atoms with Crippen LogP contribution in [0.4, 0.5) is 5.69 Å². The van der Waals surface area contributed by atoms with E-state index < -0.39 is 0 Å². The molecule has 0 saturated heterocycles. The molecule has 182 valence electrons. The van der Waals surface area contributed by atoms with Gasteiger partial charge in [0.25, 0.3) is 5.91 Å². The summed E-state index contributed by atoms with van der Waals surface area (Å²) < 4.78 is 0. The number of halogens is 2. The van der Waals surface area contributed by atoms with Crippen molar-refractivity contribution in [3.05, 3.63) is 135 Å². The first-order chi connectivity index (χ1) is 17.4. The summed E-state index contributed by atoms with van der Waals surface area (Å²) in [7, 11) is 0. The second kappa shape index (κ2) is 11.9. The Kier molecular flexibility index (Phi) is 8.42. The van der Waals surface area contributed by atoms with Crippen LogP contribution in [0.25, 0.3) is 0 Å². The van der Waals surface area contributed by atoms with Gasteiger partial charge in [0.15, 0.2) is 0 Å². The van der Waals surface area contributed by atoms with Gasteiger partial charge in [-0.25, -0.2) is 0 Å². The Labute approximate surface area is 221 Å². The van der Waals surface area contributed by atoms with Crippen LogP contribution in [0, 0.1) is 6.92 Å². The summed E-state index contributed by atoms with van der Waals surface area (Å²) in [5.41, 5.74) is 5.02. The average Bonchev–Trinajstić information content (AvgIpc) is 2.86. The lowest BCUT2D eigenvalue weighted by atomic mass is 10.1. The second-order valence-electron chi connectivity index (χ2n) is 8.61. The van der Waals surface area contributed by atoms with Crippen LogP contribution in [0.1, 0.15) is 32.6 Å². The van der Waals surface area contributed by atoms with E-state index in [4.69, 9.17) is 23.2 Å². The summed E-state index contributed by atoms with van der Waals surface area (Å²) in [5.74, 6) is -0.336. The van der Waals surface area contributed by atoms with Crippen molar-refractivity contribution in [3.63, 3.8) is 0 Å². The smallest absolute Gasteiger partial charge is 0.260 e. The van der Waals surface area contributed by atoms with Gasteiger partial charge in [-0.15, -0.1) is 0 Å². The van der Waals surface area contributed by atoms with Gasteiger partial charge in [-0.2, -0.15) is 0 Å². The molecule has 0 aliphatic heterocycles. The van der Waals surface area contributed by atoms with E-state index >= 15 is 0 Å². The lowest BCUT2D eigenvalue weighted by Gasteiger charge is -2.24. The van der Waals surface area contributed by atoms with Gasteiger partial charge < -0.3 is 10.2 Å². The summed E-state index contributed by atoms with van der Waals surface area (Å²) >= 11 is 12.4. The zero-order valence-corrected chi connectivity index (χ0v) is 21.4. The fourth-order valence-corrected chi connectivity index (χ4v) is 4.45. The predicted octanol–water partition coefficient (Wildman–Crippen LogP) is 7.01. The number of nitrogens with zero attached hydrogens (tertiary/aromatic N) is 1. The molecule has 0 aliphatic carbocycles. The quantitative estimate of drug-likeness (QED) is 0.273. The molecule has 36 heavy (non-hydrogen) atoms. The molecule has 0 radical (unpaired) electrons. The monoisotopic (exact) mass is 516 g/mol. The van der Waals surface area contributed by atoms with Crippen molar-refractivity contribution in [2.75, 3.05) is 4.90 Å². The van der Waals surface area contributed by atoms with Crippen molar-refractivity contribution >= 4 is 40.7 Å². The van der Waals surface area contributed by atoms with E-state index in [-0.39, 0.29) is 23.3 Å². The molecule has 0 unspecified atom stereocenters. The van der Waals surface area contributed by atoms with Crippen LogP contribution >= 0.6 is 23.2 Å². The minimum Gasteiger partial charge on any atom is -0.352 e. The Hall–Kier alpha value is -3.60. The molecule has 2 amide bonds. The van der Waals surface area contributed by atoms with E-state index in [1.807, 2.05) is 79.7 Å². The SMILES string of the molecule is Cc1cccc(CNC(=O)Cc2cccc(N(Cc3ccccc3)C(=O)c3ccc(Cl)cc3Cl)c2)c1. The highest BCUT2D eigenvalue weighted by molar-refractivity contribution is 6.37. The zero-order chi connectivity index (χ0) is 25.5. The average molecular weight is 517 g/mol. The van der Waals surface area contributed by atoms with Gasteiger partial charge in [0, 0.05) is 17.3 Å². The third-order valence-electron chi connectivity index (χ3n) is 5.75. The normalized spacial score (nSPS) is 10.6. The van der Waals surface area contributed by atoms with Crippen LogP contribution in [-0.4, -0.2) is 11.8 Å². The maximum Gasteiger partial charge on any atom is 0.260 e. The lowest BCUT2D eigenvalue weighted by Crippen LogP contribution is -2.31. The number of nitrogens with one attached hydrogen (secondary N) is 1. The highest BCUT2D eigenvalue weighted by atomic mass is 35.5. The Morgan fingerprint density at radius 1 is 0.778 bits per heavy atom. The zero-order valence-electron chi connectivity index (χ0n) is 19.9. The summed E-state index contributed by atoms with van der Waals surface area (Å²) in [6.45, 7) is 2.84. The van der Waals surface area contributed by atoms with Gasteiger partial charge in [-0.05, 0) is 53.9 Å². The molecule has 4 aromatic carbocycles. The molecule has 0 aliphatic rings. The third-order valence-corrected chi connectivity index (χ3v) is 6.30. The predicted molar refractivity (Wildman–Crippen MR) is 147 cm³/mol. The molecule has 0 aromatic heterocycles. The number of hydrogen-bond donors (Lipinski definition) is 1. The summed E-state index contributed by atoms with van der Waals surface area (Å²) in [4.78, 5) is 27.9. The number of rotatable bonds is 8. The number of benzene rings is 4. The third kappa shape index (κ3) is 6.75. The fourth-order valence-electron chi connectivity index (χ4n) is 3.96. The number of hydrogen-bond acceptors (Lipinski definition) is 2. The number of amides is 2. The Bertz CT molecular complexity index is 1370. The van der Waals surface area contributed by atoms with Crippen LogP contribution in [0.2, 0.25) is 10.0 Å². The van der Waals surface area contributed by atoms with Gasteiger partial charge in [-0.3, -0.25) is 9.59 Å². The topological polar surface area (TPSA) is 49.4 Å². The maximum absolute atomic E-state index is 13.6. The van der Waals surface area contributed by atoms with Crippen LogP contribution in [0.3, 0.4) is 0 Å². The maximum atomic E-state index is 13.6. The minimum absolute atomic E-state index is 0.0877. The van der Waals surface area contributed by atoms with Crippen molar-refractivity contribution in [1.82, 2.24) is 5.32 Å². The van der Waals surface area contributed by atoms with Crippen LogP contribution < -0.4 is 10.2 Å². The van der Waals surface area contributed by atoms with Crippen molar-refractivity contribution in [2.24, 2.45) is 0 Å². The summed E-state index contributed by atoms with van der Waals surface area (Å²) in [5, 5.41) is 3.73. The molecule has 4 aromatic rings. The molecular formula is C30H26Cl2N2O2. The Morgan fingerprint density at radius 3 is 2.25 bits per heavy atom. The highest BCUT2D eigenvalue weighted by Gasteiger charge is 2.21.